The van der Waals surface area contributed by atoms with Crippen molar-refractivity contribution in [3.05, 3.63) is 176 Å². The van der Waals surface area contributed by atoms with E-state index in [-0.39, 0.29) is 0 Å². The van der Waals surface area contributed by atoms with Gasteiger partial charge in [0.05, 0.1) is 22.2 Å². The molecule has 0 aliphatic rings. The molecule has 0 spiro atoms. The van der Waals surface area contributed by atoms with Gasteiger partial charge >= 0.3 is 0 Å². The minimum atomic E-state index is 0.922. The van der Waals surface area contributed by atoms with Crippen LogP contribution in [0, 0.1) is 0 Å². The number of fused-ring (bicyclic) bond motifs is 10. The van der Waals surface area contributed by atoms with Gasteiger partial charge in [0.25, 0.3) is 0 Å². The largest absolute Gasteiger partial charge is 0.254 e. The molecule has 0 saturated heterocycles. The van der Waals surface area contributed by atoms with Crippen LogP contribution in [-0.2, 0) is 0 Å². The smallest absolute Gasteiger partial charge is 0.0970 e. The summed E-state index contributed by atoms with van der Waals surface area (Å²) < 4.78 is 0. The first-order valence-corrected chi connectivity index (χ1v) is 17.7. The van der Waals surface area contributed by atoms with E-state index in [0.29, 0.717) is 0 Å². The van der Waals surface area contributed by atoms with Gasteiger partial charge in [-0.3, -0.25) is 9.97 Å². The SMILES string of the molecule is c1ccc2c(c1)ccc1c(-c3ccc(-c4c5ccccc5c(-c5ccnc6c5ccc5cccnc56)c5ccccc45)cc3)nc3ccccc3c12. The first-order chi connectivity index (χ1) is 25.8. The topological polar surface area (TPSA) is 38.7 Å². The second-order valence-corrected chi connectivity index (χ2v) is 13.5. The van der Waals surface area contributed by atoms with Crippen LogP contribution in [0.4, 0.5) is 0 Å². The Balaban J connectivity index is 1.14. The van der Waals surface area contributed by atoms with E-state index < -0.39 is 0 Å². The van der Waals surface area contributed by atoms with Gasteiger partial charge in [-0.25, -0.2) is 4.98 Å². The maximum absolute atomic E-state index is 5.26. The van der Waals surface area contributed by atoms with Gasteiger partial charge in [-0.2, -0.15) is 0 Å². The molecule has 0 atom stereocenters. The summed E-state index contributed by atoms with van der Waals surface area (Å²) in [6.45, 7) is 0. The Bertz CT molecular complexity index is 3160. The van der Waals surface area contributed by atoms with Crippen LogP contribution in [0.25, 0.3) is 109 Å². The van der Waals surface area contributed by atoms with Crippen LogP contribution in [0.15, 0.2) is 176 Å². The molecule has 3 heterocycles. The van der Waals surface area contributed by atoms with Crippen molar-refractivity contribution in [1.82, 2.24) is 15.0 Å². The highest BCUT2D eigenvalue weighted by Crippen LogP contribution is 2.46. The predicted molar refractivity (Wildman–Crippen MR) is 219 cm³/mol. The number of hydrogen-bond donors (Lipinski definition) is 0. The number of para-hydroxylation sites is 1. The van der Waals surface area contributed by atoms with Crippen molar-refractivity contribution < 1.29 is 0 Å². The lowest BCUT2D eigenvalue weighted by atomic mass is 9.85. The van der Waals surface area contributed by atoms with E-state index in [1.165, 1.54) is 59.8 Å². The van der Waals surface area contributed by atoms with E-state index in [1.54, 1.807) is 0 Å². The van der Waals surface area contributed by atoms with E-state index >= 15 is 0 Å². The Hall–Kier alpha value is -6.97. The van der Waals surface area contributed by atoms with Gasteiger partial charge in [0.1, 0.15) is 0 Å². The van der Waals surface area contributed by atoms with Crippen LogP contribution in [0.2, 0.25) is 0 Å². The highest BCUT2D eigenvalue weighted by molar-refractivity contribution is 6.25. The molecule has 240 valence electrons. The number of rotatable bonds is 3. The molecular formula is C49H29N3. The molecule has 0 aliphatic carbocycles. The van der Waals surface area contributed by atoms with E-state index in [0.717, 1.165) is 49.5 Å². The van der Waals surface area contributed by atoms with E-state index in [9.17, 15) is 0 Å². The molecule has 0 unspecified atom stereocenters. The van der Waals surface area contributed by atoms with Crippen molar-refractivity contribution in [1.29, 1.82) is 0 Å². The third-order valence-corrected chi connectivity index (χ3v) is 10.7. The molecule has 0 saturated carbocycles. The van der Waals surface area contributed by atoms with Crippen LogP contribution in [0.1, 0.15) is 0 Å². The highest BCUT2D eigenvalue weighted by Gasteiger charge is 2.19. The van der Waals surface area contributed by atoms with E-state index in [2.05, 4.69) is 158 Å². The lowest BCUT2D eigenvalue weighted by molar-refractivity contribution is 1.37. The Kier molecular flexibility index (Phi) is 6.25. The van der Waals surface area contributed by atoms with Gasteiger partial charge in [-0.05, 0) is 72.8 Å². The number of aromatic nitrogens is 3. The summed E-state index contributed by atoms with van der Waals surface area (Å²) in [6, 6.07) is 58.9. The third-order valence-electron chi connectivity index (χ3n) is 10.7. The second kappa shape index (κ2) is 11.3. The van der Waals surface area contributed by atoms with E-state index in [4.69, 9.17) is 15.0 Å². The highest BCUT2D eigenvalue weighted by atomic mass is 14.7. The first kappa shape index (κ1) is 28.8. The molecule has 3 aromatic heterocycles. The van der Waals surface area contributed by atoms with Gasteiger partial charge in [0.15, 0.2) is 0 Å². The Morgan fingerprint density at radius 1 is 0.327 bits per heavy atom. The number of benzene rings is 8. The van der Waals surface area contributed by atoms with Crippen molar-refractivity contribution in [2.24, 2.45) is 0 Å². The minimum absolute atomic E-state index is 0.922. The average molecular weight is 660 g/mol. The van der Waals surface area contributed by atoms with Crippen molar-refractivity contribution in [2.45, 2.75) is 0 Å². The molecule has 0 aliphatic heterocycles. The van der Waals surface area contributed by atoms with Crippen LogP contribution in [0.5, 0.6) is 0 Å². The van der Waals surface area contributed by atoms with Gasteiger partial charge in [-0.15, -0.1) is 0 Å². The molecule has 0 bridgehead atoms. The van der Waals surface area contributed by atoms with Crippen LogP contribution in [-0.4, -0.2) is 15.0 Å². The molecule has 11 rings (SSSR count). The summed E-state index contributed by atoms with van der Waals surface area (Å²) in [4.78, 5) is 14.8. The van der Waals surface area contributed by atoms with Gasteiger partial charge in [0, 0.05) is 44.9 Å². The predicted octanol–water partition coefficient (Wildman–Crippen LogP) is 12.9. The van der Waals surface area contributed by atoms with Crippen molar-refractivity contribution in [3.8, 4) is 33.5 Å². The van der Waals surface area contributed by atoms with Gasteiger partial charge in [-0.1, -0.05) is 146 Å². The van der Waals surface area contributed by atoms with Crippen LogP contribution < -0.4 is 0 Å². The quantitative estimate of drug-likeness (QED) is 0.140. The fourth-order valence-electron chi connectivity index (χ4n) is 8.44. The standard InChI is InChI=1S/C49H29N3/c1-2-12-34-30(10-1)23-26-42-45(34)41-17-7-8-18-43(41)52-47(42)33-21-19-31(20-22-33)44-35-13-3-5-15-37(35)46(38-16-6-4-14-36(38)44)39-27-29-51-49-40(39)25-24-32-11-9-28-50-48(32)49/h1-29H. The zero-order valence-corrected chi connectivity index (χ0v) is 28.1. The molecule has 0 N–H and O–H groups in total. The molecule has 11 aromatic rings. The summed E-state index contributed by atoms with van der Waals surface area (Å²) in [7, 11) is 0. The molecule has 0 fully saturated rings. The van der Waals surface area contributed by atoms with Crippen molar-refractivity contribution in [2.75, 3.05) is 0 Å². The van der Waals surface area contributed by atoms with Crippen LogP contribution in [0.3, 0.4) is 0 Å². The monoisotopic (exact) mass is 659 g/mol. The summed E-state index contributed by atoms with van der Waals surface area (Å²) in [5.74, 6) is 0. The van der Waals surface area contributed by atoms with Crippen molar-refractivity contribution >= 4 is 75.8 Å². The zero-order valence-electron chi connectivity index (χ0n) is 28.1. The molecule has 8 aromatic carbocycles. The second-order valence-electron chi connectivity index (χ2n) is 13.5. The zero-order chi connectivity index (χ0) is 34.2. The minimum Gasteiger partial charge on any atom is -0.254 e. The fourth-order valence-corrected chi connectivity index (χ4v) is 8.44. The van der Waals surface area contributed by atoms with Crippen molar-refractivity contribution in [3.63, 3.8) is 0 Å². The number of hydrogen-bond acceptors (Lipinski definition) is 3. The van der Waals surface area contributed by atoms with Crippen LogP contribution >= 0.6 is 0 Å². The summed E-state index contributed by atoms with van der Waals surface area (Å²) in [5, 5.41) is 13.1. The maximum Gasteiger partial charge on any atom is 0.0970 e. The molecular weight excluding hydrogens is 631 g/mol. The molecule has 3 heteroatoms. The lowest BCUT2D eigenvalue weighted by Gasteiger charge is -2.19. The van der Waals surface area contributed by atoms with Gasteiger partial charge in [0.2, 0.25) is 0 Å². The average Bonchev–Trinajstić information content (AvgIpc) is 3.22. The summed E-state index contributed by atoms with van der Waals surface area (Å²) in [6.07, 6.45) is 3.77. The summed E-state index contributed by atoms with van der Waals surface area (Å²) in [5.41, 5.74) is 9.74. The Labute approximate surface area is 299 Å². The molecule has 3 nitrogen and oxygen atoms in total. The molecule has 0 radical (unpaired) electrons. The first-order valence-electron chi connectivity index (χ1n) is 17.7. The number of nitrogens with zero attached hydrogens (tertiary/aromatic N) is 3. The molecule has 0 amide bonds. The third kappa shape index (κ3) is 4.23. The normalized spacial score (nSPS) is 11.8. The summed E-state index contributed by atoms with van der Waals surface area (Å²) >= 11 is 0. The van der Waals surface area contributed by atoms with E-state index in [1.807, 2.05) is 18.5 Å². The maximum atomic E-state index is 5.26. The Morgan fingerprint density at radius 2 is 0.904 bits per heavy atom. The number of pyridine rings is 3. The molecule has 52 heavy (non-hydrogen) atoms. The van der Waals surface area contributed by atoms with Gasteiger partial charge < -0.3 is 0 Å². The Morgan fingerprint density at radius 3 is 1.67 bits per heavy atom. The fraction of sp³-hybridized carbons (Fsp3) is 0. The lowest BCUT2D eigenvalue weighted by Crippen LogP contribution is -1.93.